The average molecular weight is 534 g/mol. The first-order valence-corrected chi connectivity index (χ1v) is 13.4. The Morgan fingerprint density at radius 1 is 0.868 bits per heavy atom. The number of hydrogen-bond donors (Lipinski definition) is 1. The fraction of sp³-hybridized carbons (Fsp3) is 0.133. The van der Waals surface area contributed by atoms with Gasteiger partial charge in [0.15, 0.2) is 0 Å². The van der Waals surface area contributed by atoms with Crippen LogP contribution in [0.15, 0.2) is 108 Å². The molecule has 38 heavy (non-hydrogen) atoms. The first-order valence-electron chi connectivity index (χ1n) is 12.0. The van der Waals surface area contributed by atoms with Gasteiger partial charge in [-0.3, -0.25) is 4.18 Å². The summed E-state index contributed by atoms with van der Waals surface area (Å²) >= 11 is 0. The molecule has 5 nitrogen and oxygen atoms in total. The fourth-order valence-corrected chi connectivity index (χ4v) is 5.54. The molecule has 0 fully saturated rings. The van der Waals surface area contributed by atoms with Gasteiger partial charge in [-0.1, -0.05) is 66.2 Å². The van der Waals surface area contributed by atoms with E-state index in [1.807, 2.05) is 25.1 Å². The maximum absolute atomic E-state index is 14.8. The number of aromatic nitrogens is 1. The first-order chi connectivity index (χ1) is 18.2. The quantitative estimate of drug-likeness (QED) is 0.240. The van der Waals surface area contributed by atoms with Crippen molar-refractivity contribution in [1.29, 1.82) is 0 Å². The van der Waals surface area contributed by atoms with E-state index >= 15 is 0 Å². The van der Waals surface area contributed by atoms with Gasteiger partial charge in [-0.15, -0.1) is 0 Å². The van der Waals surface area contributed by atoms with Crippen LogP contribution in [0.1, 0.15) is 17.2 Å². The van der Waals surface area contributed by atoms with Gasteiger partial charge in [-0.25, -0.2) is 8.78 Å². The number of nitrogens with zero attached hydrogens (tertiary/aromatic N) is 1. The van der Waals surface area contributed by atoms with E-state index in [2.05, 4.69) is 0 Å². The predicted molar refractivity (Wildman–Crippen MR) is 142 cm³/mol. The van der Waals surface area contributed by atoms with Crippen molar-refractivity contribution in [1.82, 2.24) is 4.57 Å². The zero-order chi connectivity index (χ0) is 26.9. The number of aliphatic hydroxyl groups excluding tert-OH is 1. The lowest BCUT2D eigenvalue weighted by Gasteiger charge is -2.26. The van der Waals surface area contributed by atoms with Crippen molar-refractivity contribution in [2.45, 2.75) is 24.0 Å². The molecule has 0 saturated carbocycles. The van der Waals surface area contributed by atoms with Crippen molar-refractivity contribution in [3.05, 3.63) is 126 Å². The highest BCUT2D eigenvalue weighted by atomic mass is 32.2. The van der Waals surface area contributed by atoms with Gasteiger partial charge in [0.1, 0.15) is 17.7 Å². The lowest BCUT2D eigenvalue weighted by atomic mass is 10.0. The summed E-state index contributed by atoms with van der Waals surface area (Å²) < 4.78 is 61.6. The summed E-state index contributed by atoms with van der Waals surface area (Å²) in [4.78, 5) is -0.0362. The number of aliphatic hydroxyl groups is 1. The molecule has 0 amide bonds. The van der Waals surface area contributed by atoms with E-state index in [0.29, 0.717) is 22.2 Å². The number of aryl methyl sites for hydroxylation is 1. The van der Waals surface area contributed by atoms with Crippen LogP contribution in [0.25, 0.3) is 22.0 Å². The number of hydrogen-bond acceptors (Lipinski definition) is 4. The molecule has 0 spiro atoms. The Hall–Kier alpha value is -3.85. The summed E-state index contributed by atoms with van der Waals surface area (Å²) in [6, 6.07) is 24.6. The molecule has 0 aliphatic carbocycles. The van der Waals surface area contributed by atoms with E-state index in [-0.39, 0.29) is 4.90 Å². The highest BCUT2D eigenvalue weighted by Crippen LogP contribution is 2.37. The monoisotopic (exact) mass is 533 g/mol. The number of benzene rings is 4. The third-order valence-corrected chi connectivity index (χ3v) is 7.76. The van der Waals surface area contributed by atoms with Crippen LogP contribution in [-0.2, 0) is 14.3 Å². The Balaban J connectivity index is 1.58. The van der Waals surface area contributed by atoms with E-state index in [9.17, 15) is 22.3 Å². The number of rotatable bonds is 8. The summed E-state index contributed by atoms with van der Waals surface area (Å²) in [6.45, 7) is 1.25. The van der Waals surface area contributed by atoms with Gasteiger partial charge in [-0.2, -0.15) is 8.42 Å². The molecule has 1 heterocycles. The van der Waals surface area contributed by atoms with Crippen LogP contribution < -0.4 is 0 Å². The SMILES string of the molecule is Cc1ccc(S(=O)(=O)OC[C@@H](O)[C@H](c2cccc(F)c2)n2cc(-c3ccccc3F)c3ccccc32)cc1. The van der Waals surface area contributed by atoms with Gasteiger partial charge in [-0.05, 0) is 48.9 Å². The molecular weight excluding hydrogens is 508 g/mol. The fourth-order valence-electron chi connectivity index (χ4n) is 4.61. The molecule has 5 rings (SSSR count). The molecule has 5 aromatic rings. The minimum atomic E-state index is -4.16. The topological polar surface area (TPSA) is 68.5 Å². The number of fused-ring (bicyclic) bond motifs is 1. The van der Waals surface area contributed by atoms with Crippen molar-refractivity contribution in [3.8, 4) is 11.1 Å². The molecule has 0 radical (unpaired) electrons. The van der Waals surface area contributed by atoms with E-state index < -0.39 is 40.5 Å². The van der Waals surface area contributed by atoms with E-state index in [0.717, 1.165) is 10.9 Å². The molecule has 1 aromatic heterocycles. The van der Waals surface area contributed by atoms with Crippen molar-refractivity contribution < 1.29 is 26.5 Å². The van der Waals surface area contributed by atoms with Crippen LogP contribution in [-0.4, -0.2) is 30.8 Å². The van der Waals surface area contributed by atoms with Crippen LogP contribution in [0.2, 0.25) is 0 Å². The molecule has 0 bridgehead atoms. The molecule has 0 aliphatic rings. The maximum Gasteiger partial charge on any atom is 0.297 e. The highest BCUT2D eigenvalue weighted by Gasteiger charge is 2.29. The average Bonchev–Trinajstić information content (AvgIpc) is 3.27. The van der Waals surface area contributed by atoms with Crippen molar-refractivity contribution in [2.24, 2.45) is 0 Å². The second kappa shape index (κ2) is 10.5. The molecule has 1 N–H and O–H groups in total. The molecule has 0 saturated heterocycles. The maximum atomic E-state index is 14.8. The van der Waals surface area contributed by atoms with Crippen LogP contribution in [0.4, 0.5) is 8.78 Å². The Morgan fingerprint density at radius 3 is 2.32 bits per heavy atom. The van der Waals surface area contributed by atoms with E-state index in [4.69, 9.17) is 4.18 Å². The smallest absolute Gasteiger partial charge is 0.297 e. The van der Waals surface area contributed by atoms with Gasteiger partial charge in [0.05, 0.1) is 17.5 Å². The van der Waals surface area contributed by atoms with Gasteiger partial charge in [0.25, 0.3) is 10.1 Å². The molecular formula is C30H25F2NO4S. The second-order valence-corrected chi connectivity index (χ2v) is 10.7. The van der Waals surface area contributed by atoms with Gasteiger partial charge in [0, 0.05) is 28.2 Å². The lowest BCUT2D eigenvalue weighted by molar-refractivity contribution is 0.0784. The number of halogens is 2. The molecule has 0 unspecified atom stereocenters. The lowest BCUT2D eigenvalue weighted by Crippen LogP contribution is -2.30. The molecule has 8 heteroatoms. The third-order valence-electron chi connectivity index (χ3n) is 6.46. The largest absolute Gasteiger partial charge is 0.388 e. The Bertz CT molecular complexity index is 1700. The van der Waals surface area contributed by atoms with Gasteiger partial charge < -0.3 is 9.67 Å². The van der Waals surface area contributed by atoms with E-state index in [1.165, 1.54) is 36.4 Å². The minimum absolute atomic E-state index is 0.0362. The van der Waals surface area contributed by atoms with Crippen LogP contribution >= 0.6 is 0 Å². The first kappa shape index (κ1) is 25.8. The van der Waals surface area contributed by atoms with Gasteiger partial charge >= 0.3 is 0 Å². The van der Waals surface area contributed by atoms with Crippen molar-refractivity contribution in [2.75, 3.05) is 6.61 Å². The van der Waals surface area contributed by atoms with Gasteiger partial charge in [0.2, 0.25) is 0 Å². The Labute approximate surface area is 219 Å². The second-order valence-electron chi connectivity index (χ2n) is 9.07. The summed E-state index contributed by atoms with van der Waals surface area (Å²) in [6.07, 6.45) is 0.289. The zero-order valence-electron chi connectivity index (χ0n) is 20.5. The summed E-state index contributed by atoms with van der Waals surface area (Å²) in [5, 5.41) is 12.1. The van der Waals surface area contributed by atoms with Crippen LogP contribution in [0.5, 0.6) is 0 Å². The van der Waals surface area contributed by atoms with Crippen molar-refractivity contribution >= 4 is 21.0 Å². The standard InChI is InChI=1S/C30H25F2NO4S/c1-20-13-15-23(16-14-20)38(35,36)37-19-29(34)30(21-7-6-8-22(31)17-21)33-18-26(24-9-2-4-11-27(24)32)25-10-3-5-12-28(25)33/h2-18,29-30,34H,19H2,1H3/t29-,30+/m1/s1. The van der Waals surface area contributed by atoms with Crippen molar-refractivity contribution in [3.63, 3.8) is 0 Å². The summed E-state index contributed by atoms with van der Waals surface area (Å²) in [7, 11) is -4.16. The normalized spacial score (nSPS) is 13.5. The minimum Gasteiger partial charge on any atom is -0.388 e. The molecule has 0 aliphatic heterocycles. The van der Waals surface area contributed by atoms with Crippen LogP contribution in [0, 0.1) is 18.6 Å². The molecule has 4 aromatic carbocycles. The molecule has 2 atom stereocenters. The number of para-hydroxylation sites is 1. The molecule has 194 valence electrons. The van der Waals surface area contributed by atoms with E-state index in [1.54, 1.807) is 53.2 Å². The predicted octanol–water partition coefficient (Wildman–Crippen LogP) is 6.25. The highest BCUT2D eigenvalue weighted by molar-refractivity contribution is 7.86. The van der Waals surface area contributed by atoms with Crippen LogP contribution in [0.3, 0.4) is 0 Å². The Morgan fingerprint density at radius 2 is 1.58 bits per heavy atom. The third kappa shape index (κ3) is 5.11. The summed E-state index contributed by atoms with van der Waals surface area (Å²) in [5.74, 6) is -0.926. The zero-order valence-corrected chi connectivity index (χ0v) is 21.3. The summed E-state index contributed by atoms with van der Waals surface area (Å²) in [5.41, 5.74) is 2.89. The Kier molecular flexibility index (Phi) is 7.12.